The van der Waals surface area contributed by atoms with Gasteiger partial charge in [0.05, 0.1) is 6.07 Å². The van der Waals surface area contributed by atoms with Crippen LogP contribution in [0, 0.1) is 16.7 Å². The van der Waals surface area contributed by atoms with Gasteiger partial charge in [0.2, 0.25) is 0 Å². The first-order valence-corrected chi connectivity index (χ1v) is 4.29. The molecule has 0 atom stereocenters. The third-order valence-electron chi connectivity index (χ3n) is 2.01. The first-order chi connectivity index (χ1) is 5.84. The van der Waals surface area contributed by atoms with E-state index in [2.05, 4.69) is 5.32 Å². The van der Waals surface area contributed by atoms with Crippen molar-refractivity contribution in [2.24, 2.45) is 0 Å². The Kier molecular flexibility index (Phi) is 3.39. The summed E-state index contributed by atoms with van der Waals surface area (Å²) in [6.45, 7) is 2.14. The summed E-state index contributed by atoms with van der Waals surface area (Å²) in [5.41, 5.74) is 0. The number of guanidine groups is 1. The second kappa shape index (κ2) is 4.60. The molecule has 1 heterocycles. The molecular weight excluding hydrogens is 152 g/mol. The van der Waals surface area contributed by atoms with Crippen molar-refractivity contribution in [2.75, 3.05) is 19.6 Å². The Morgan fingerprint density at radius 3 is 2.67 bits per heavy atom. The van der Waals surface area contributed by atoms with Crippen LogP contribution in [0.5, 0.6) is 0 Å². The molecule has 1 saturated heterocycles. The summed E-state index contributed by atoms with van der Waals surface area (Å²) in [6.07, 6.45) is 3.59. The van der Waals surface area contributed by atoms with E-state index in [-0.39, 0.29) is 6.54 Å². The topological polar surface area (TPSA) is 62.9 Å². The summed E-state index contributed by atoms with van der Waals surface area (Å²) in [5, 5.41) is 18.6. The molecule has 0 radical (unpaired) electrons. The number of nitrogens with one attached hydrogen (secondary N) is 2. The fourth-order valence-corrected chi connectivity index (χ4v) is 1.35. The van der Waals surface area contributed by atoms with Gasteiger partial charge < -0.3 is 10.2 Å². The van der Waals surface area contributed by atoms with Gasteiger partial charge in [-0.1, -0.05) is 0 Å². The minimum Gasteiger partial charge on any atom is -0.343 e. The van der Waals surface area contributed by atoms with E-state index in [0.717, 1.165) is 25.9 Å². The minimum absolute atomic E-state index is 0.231. The van der Waals surface area contributed by atoms with Crippen molar-refractivity contribution in [1.82, 2.24) is 10.2 Å². The molecule has 0 saturated carbocycles. The van der Waals surface area contributed by atoms with Crippen molar-refractivity contribution in [3.8, 4) is 6.07 Å². The third kappa shape index (κ3) is 2.42. The predicted octanol–water partition coefficient (Wildman–Crippen LogP) is 0.520. The van der Waals surface area contributed by atoms with Gasteiger partial charge in [-0.2, -0.15) is 5.26 Å². The summed E-state index contributed by atoms with van der Waals surface area (Å²) >= 11 is 0. The Labute approximate surface area is 72.7 Å². The van der Waals surface area contributed by atoms with E-state index in [4.69, 9.17) is 10.7 Å². The molecule has 1 aliphatic heterocycles. The van der Waals surface area contributed by atoms with Crippen LogP contribution in [0.2, 0.25) is 0 Å². The van der Waals surface area contributed by atoms with E-state index < -0.39 is 0 Å². The maximum Gasteiger partial charge on any atom is 0.191 e. The maximum absolute atomic E-state index is 8.29. The average molecular weight is 166 g/mol. The highest BCUT2D eigenvalue weighted by atomic mass is 15.3. The van der Waals surface area contributed by atoms with Crippen molar-refractivity contribution >= 4 is 5.96 Å². The van der Waals surface area contributed by atoms with Gasteiger partial charge in [0.15, 0.2) is 5.96 Å². The fraction of sp³-hybridized carbons (Fsp3) is 0.750. The van der Waals surface area contributed by atoms with E-state index >= 15 is 0 Å². The van der Waals surface area contributed by atoms with Crippen LogP contribution in [0.25, 0.3) is 0 Å². The van der Waals surface area contributed by atoms with Crippen molar-refractivity contribution in [2.45, 2.75) is 19.3 Å². The first-order valence-electron chi connectivity index (χ1n) is 4.29. The molecule has 0 aromatic carbocycles. The van der Waals surface area contributed by atoms with Crippen LogP contribution in [0.1, 0.15) is 19.3 Å². The second-order valence-corrected chi connectivity index (χ2v) is 2.91. The van der Waals surface area contributed by atoms with Gasteiger partial charge in [0.25, 0.3) is 0 Å². The smallest absolute Gasteiger partial charge is 0.191 e. The molecule has 12 heavy (non-hydrogen) atoms. The summed E-state index contributed by atoms with van der Waals surface area (Å²) in [7, 11) is 0. The van der Waals surface area contributed by atoms with Gasteiger partial charge in [-0.3, -0.25) is 5.41 Å². The Bertz CT molecular complexity index is 188. The number of hydrogen-bond donors (Lipinski definition) is 2. The summed E-state index contributed by atoms with van der Waals surface area (Å²) in [5.74, 6) is 0.399. The normalized spacial score (nSPS) is 16.8. The Morgan fingerprint density at radius 1 is 1.42 bits per heavy atom. The lowest BCUT2D eigenvalue weighted by molar-refractivity contribution is 0.331. The van der Waals surface area contributed by atoms with Crippen LogP contribution in [-0.4, -0.2) is 30.5 Å². The quantitative estimate of drug-likeness (QED) is 0.339. The van der Waals surface area contributed by atoms with Crippen molar-refractivity contribution in [3.05, 3.63) is 0 Å². The molecule has 4 nitrogen and oxygen atoms in total. The zero-order chi connectivity index (χ0) is 8.81. The molecule has 1 fully saturated rings. The van der Waals surface area contributed by atoms with Crippen molar-refractivity contribution < 1.29 is 0 Å². The maximum atomic E-state index is 8.29. The zero-order valence-corrected chi connectivity index (χ0v) is 7.14. The zero-order valence-electron chi connectivity index (χ0n) is 7.14. The van der Waals surface area contributed by atoms with Crippen molar-refractivity contribution in [3.63, 3.8) is 0 Å². The first kappa shape index (κ1) is 8.85. The van der Waals surface area contributed by atoms with E-state index in [1.165, 1.54) is 6.42 Å². The Hall–Kier alpha value is -1.24. The van der Waals surface area contributed by atoms with Gasteiger partial charge in [0, 0.05) is 13.1 Å². The van der Waals surface area contributed by atoms with E-state index in [1.54, 1.807) is 0 Å². The Balaban J connectivity index is 2.26. The molecule has 2 N–H and O–H groups in total. The number of likely N-dealkylation sites (tertiary alicyclic amines) is 1. The number of nitriles is 1. The molecule has 0 aromatic rings. The molecule has 0 amide bonds. The van der Waals surface area contributed by atoms with Gasteiger partial charge >= 0.3 is 0 Å². The highest BCUT2D eigenvalue weighted by Gasteiger charge is 2.12. The third-order valence-corrected chi connectivity index (χ3v) is 2.01. The summed E-state index contributed by atoms with van der Waals surface area (Å²) < 4.78 is 0. The van der Waals surface area contributed by atoms with E-state index in [9.17, 15) is 0 Å². The molecule has 4 heteroatoms. The van der Waals surface area contributed by atoms with Crippen LogP contribution in [-0.2, 0) is 0 Å². The lowest BCUT2D eigenvalue weighted by Crippen LogP contribution is -2.43. The largest absolute Gasteiger partial charge is 0.343 e. The van der Waals surface area contributed by atoms with Crippen LogP contribution < -0.4 is 5.32 Å². The van der Waals surface area contributed by atoms with Crippen LogP contribution >= 0.6 is 0 Å². The van der Waals surface area contributed by atoms with Crippen LogP contribution in [0.4, 0.5) is 0 Å². The van der Waals surface area contributed by atoms with E-state index in [1.807, 2.05) is 11.0 Å². The summed E-state index contributed by atoms with van der Waals surface area (Å²) in [4.78, 5) is 1.99. The molecule has 0 bridgehead atoms. The number of nitrogens with zero attached hydrogens (tertiary/aromatic N) is 2. The molecule has 0 spiro atoms. The van der Waals surface area contributed by atoms with Gasteiger partial charge in [-0.15, -0.1) is 0 Å². The van der Waals surface area contributed by atoms with Gasteiger partial charge in [-0.05, 0) is 19.3 Å². The highest BCUT2D eigenvalue weighted by molar-refractivity contribution is 5.76. The molecule has 1 aliphatic rings. The number of hydrogen-bond acceptors (Lipinski definition) is 2. The Morgan fingerprint density at radius 2 is 2.08 bits per heavy atom. The summed E-state index contributed by atoms with van der Waals surface area (Å²) in [6, 6.07) is 1.96. The SMILES string of the molecule is N#CCNC(=N)N1CCCCC1. The number of rotatable bonds is 1. The van der Waals surface area contributed by atoms with Gasteiger partial charge in [-0.25, -0.2) is 0 Å². The standard InChI is InChI=1S/C8H14N4/c9-4-5-11-8(10)12-6-2-1-3-7-12/h1-3,5-7H2,(H2,10,11). The van der Waals surface area contributed by atoms with Crippen LogP contribution in [0.3, 0.4) is 0 Å². The molecular formula is C8H14N4. The van der Waals surface area contributed by atoms with Crippen LogP contribution in [0.15, 0.2) is 0 Å². The molecule has 0 aliphatic carbocycles. The fourth-order valence-electron chi connectivity index (χ4n) is 1.35. The lowest BCUT2D eigenvalue weighted by atomic mass is 10.1. The monoisotopic (exact) mass is 166 g/mol. The number of piperidine rings is 1. The molecule has 66 valence electrons. The molecule has 0 unspecified atom stereocenters. The van der Waals surface area contributed by atoms with Gasteiger partial charge in [0.1, 0.15) is 6.54 Å². The average Bonchev–Trinajstić information content (AvgIpc) is 2.15. The predicted molar refractivity (Wildman–Crippen MR) is 46.8 cm³/mol. The molecule has 1 rings (SSSR count). The second-order valence-electron chi connectivity index (χ2n) is 2.91. The minimum atomic E-state index is 0.231. The lowest BCUT2D eigenvalue weighted by Gasteiger charge is -2.28. The van der Waals surface area contributed by atoms with E-state index in [0.29, 0.717) is 5.96 Å². The highest BCUT2D eigenvalue weighted by Crippen LogP contribution is 2.07. The van der Waals surface area contributed by atoms with Crippen molar-refractivity contribution in [1.29, 1.82) is 10.7 Å². The molecule has 0 aromatic heterocycles.